The fourth-order valence-corrected chi connectivity index (χ4v) is 2.17. The second-order valence-corrected chi connectivity index (χ2v) is 5.24. The van der Waals surface area contributed by atoms with E-state index in [4.69, 9.17) is 4.74 Å². The lowest BCUT2D eigenvalue weighted by atomic mass is 10.1. The van der Waals surface area contributed by atoms with E-state index in [-0.39, 0.29) is 24.0 Å². The van der Waals surface area contributed by atoms with Crippen LogP contribution in [0.25, 0.3) is 0 Å². The first-order valence-electron chi connectivity index (χ1n) is 7.78. The van der Waals surface area contributed by atoms with Crippen molar-refractivity contribution in [3.05, 3.63) is 53.3 Å². The topological polar surface area (TPSA) is 63.5 Å². The average molecular weight is 443 g/mol. The number of aryl methyl sites for hydroxylation is 1. The summed E-state index contributed by atoms with van der Waals surface area (Å²) < 4.78 is 6.97. The first kappa shape index (κ1) is 20.4. The van der Waals surface area contributed by atoms with Crippen molar-refractivity contribution < 1.29 is 4.74 Å². The van der Waals surface area contributed by atoms with Crippen molar-refractivity contribution in [2.75, 3.05) is 13.7 Å². The quantitative estimate of drug-likeness (QED) is 0.392. The zero-order chi connectivity index (χ0) is 16.5. The normalized spacial score (nSPS) is 11.0. The molecule has 2 rings (SSSR count). The molecule has 1 heterocycles. The number of nitrogens with one attached hydrogen (secondary N) is 2. The second kappa shape index (κ2) is 11.0. The molecule has 0 aliphatic rings. The fourth-order valence-electron chi connectivity index (χ4n) is 2.17. The Morgan fingerprint density at radius 2 is 1.88 bits per heavy atom. The number of hydrogen-bond acceptors (Lipinski definition) is 3. The molecule has 0 amide bonds. The second-order valence-electron chi connectivity index (χ2n) is 5.24. The van der Waals surface area contributed by atoms with E-state index in [1.807, 2.05) is 17.8 Å². The molecule has 0 radical (unpaired) electrons. The molecular weight excluding hydrogens is 417 g/mol. The molecule has 24 heavy (non-hydrogen) atoms. The van der Waals surface area contributed by atoms with Crippen LogP contribution >= 0.6 is 24.0 Å². The van der Waals surface area contributed by atoms with Crippen molar-refractivity contribution in [1.29, 1.82) is 0 Å². The highest BCUT2D eigenvalue weighted by atomic mass is 127. The Labute approximate surface area is 160 Å². The number of guanidine groups is 1. The first-order valence-corrected chi connectivity index (χ1v) is 7.78. The molecule has 0 unspecified atom stereocenters. The first-order chi connectivity index (χ1) is 11.2. The summed E-state index contributed by atoms with van der Waals surface area (Å²) in [4.78, 5) is 4.62. The van der Waals surface area contributed by atoms with Gasteiger partial charge in [0.05, 0.1) is 25.4 Å². The van der Waals surface area contributed by atoms with Gasteiger partial charge in [0.2, 0.25) is 0 Å². The minimum atomic E-state index is 0. The summed E-state index contributed by atoms with van der Waals surface area (Å²) in [6, 6.07) is 10.3. The minimum Gasteiger partial charge on any atom is -0.380 e. The van der Waals surface area contributed by atoms with Gasteiger partial charge in [-0.2, -0.15) is 5.10 Å². The number of benzene rings is 1. The number of methoxy groups -OCH3 is 1. The Morgan fingerprint density at radius 3 is 2.46 bits per heavy atom. The maximum atomic E-state index is 5.12. The summed E-state index contributed by atoms with van der Waals surface area (Å²) in [5, 5.41) is 10.7. The number of aromatic nitrogens is 2. The van der Waals surface area contributed by atoms with Crippen LogP contribution in [0.2, 0.25) is 0 Å². The molecule has 0 saturated carbocycles. The third kappa shape index (κ3) is 6.48. The smallest absolute Gasteiger partial charge is 0.191 e. The Hall–Kier alpha value is -1.61. The number of aliphatic imine (C=N–C) groups is 1. The van der Waals surface area contributed by atoms with E-state index >= 15 is 0 Å². The van der Waals surface area contributed by atoms with Crippen LogP contribution in [-0.4, -0.2) is 29.4 Å². The van der Waals surface area contributed by atoms with Gasteiger partial charge >= 0.3 is 0 Å². The van der Waals surface area contributed by atoms with Gasteiger partial charge in [-0.3, -0.25) is 4.68 Å². The molecular formula is C17H26IN5O. The van der Waals surface area contributed by atoms with E-state index in [9.17, 15) is 0 Å². The molecule has 1 aromatic heterocycles. The highest BCUT2D eigenvalue weighted by Crippen LogP contribution is 2.06. The van der Waals surface area contributed by atoms with Gasteiger partial charge in [0.1, 0.15) is 0 Å². The number of nitrogens with zero attached hydrogens (tertiary/aromatic N) is 3. The SMILES string of the molecule is CCNC(=NCc1ccc(COC)cc1)NCc1ccnn1C.I. The van der Waals surface area contributed by atoms with Gasteiger partial charge in [0, 0.05) is 26.9 Å². The van der Waals surface area contributed by atoms with E-state index in [1.165, 1.54) is 11.1 Å². The molecule has 0 aliphatic carbocycles. The third-order valence-corrected chi connectivity index (χ3v) is 3.46. The van der Waals surface area contributed by atoms with Gasteiger partial charge in [-0.1, -0.05) is 24.3 Å². The van der Waals surface area contributed by atoms with E-state index in [2.05, 4.69) is 51.9 Å². The highest BCUT2D eigenvalue weighted by Gasteiger charge is 2.01. The van der Waals surface area contributed by atoms with E-state index in [1.54, 1.807) is 13.3 Å². The fraction of sp³-hybridized carbons (Fsp3) is 0.412. The van der Waals surface area contributed by atoms with Gasteiger partial charge in [0.25, 0.3) is 0 Å². The number of halogens is 1. The lowest BCUT2D eigenvalue weighted by molar-refractivity contribution is 0.185. The molecule has 6 nitrogen and oxygen atoms in total. The zero-order valence-electron chi connectivity index (χ0n) is 14.5. The van der Waals surface area contributed by atoms with Crippen molar-refractivity contribution >= 4 is 29.9 Å². The number of hydrogen-bond donors (Lipinski definition) is 2. The molecule has 0 bridgehead atoms. The lowest BCUT2D eigenvalue weighted by Crippen LogP contribution is -2.37. The van der Waals surface area contributed by atoms with Crippen LogP contribution in [0.1, 0.15) is 23.7 Å². The van der Waals surface area contributed by atoms with Crippen LogP contribution in [-0.2, 0) is 31.5 Å². The van der Waals surface area contributed by atoms with Gasteiger partial charge < -0.3 is 15.4 Å². The maximum absolute atomic E-state index is 5.12. The summed E-state index contributed by atoms with van der Waals surface area (Å²) in [6.07, 6.45) is 1.79. The van der Waals surface area contributed by atoms with E-state index < -0.39 is 0 Å². The van der Waals surface area contributed by atoms with E-state index in [0.717, 1.165) is 18.2 Å². The predicted octanol–water partition coefficient (Wildman–Crippen LogP) is 2.44. The minimum absolute atomic E-state index is 0. The lowest BCUT2D eigenvalue weighted by Gasteiger charge is -2.11. The van der Waals surface area contributed by atoms with Gasteiger partial charge in [0.15, 0.2) is 5.96 Å². The van der Waals surface area contributed by atoms with Gasteiger partial charge in [-0.05, 0) is 24.1 Å². The van der Waals surface area contributed by atoms with Gasteiger partial charge in [-0.15, -0.1) is 24.0 Å². The van der Waals surface area contributed by atoms with Crippen molar-refractivity contribution in [3.8, 4) is 0 Å². The average Bonchev–Trinajstić information content (AvgIpc) is 2.97. The van der Waals surface area contributed by atoms with E-state index in [0.29, 0.717) is 19.7 Å². The molecule has 132 valence electrons. The third-order valence-electron chi connectivity index (χ3n) is 3.46. The summed E-state index contributed by atoms with van der Waals surface area (Å²) in [5.74, 6) is 0.801. The maximum Gasteiger partial charge on any atom is 0.191 e. The Bertz CT molecular complexity index is 624. The number of rotatable bonds is 7. The summed E-state index contributed by atoms with van der Waals surface area (Å²) in [5.41, 5.74) is 3.45. The Kier molecular flexibility index (Phi) is 9.39. The Balaban J connectivity index is 0.00000288. The van der Waals surface area contributed by atoms with Crippen LogP contribution in [0.3, 0.4) is 0 Å². The van der Waals surface area contributed by atoms with Crippen LogP contribution in [0.4, 0.5) is 0 Å². The molecule has 2 aromatic rings. The summed E-state index contributed by atoms with van der Waals surface area (Å²) >= 11 is 0. The summed E-state index contributed by atoms with van der Waals surface area (Å²) in [6.45, 7) is 4.84. The van der Waals surface area contributed by atoms with Crippen molar-refractivity contribution in [2.24, 2.45) is 12.0 Å². The highest BCUT2D eigenvalue weighted by molar-refractivity contribution is 14.0. The van der Waals surface area contributed by atoms with Crippen LogP contribution in [0.5, 0.6) is 0 Å². The molecule has 1 aromatic carbocycles. The van der Waals surface area contributed by atoms with Gasteiger partial charge in [-0.25, -0.2) is 4.99 Å². The monoisotopic (exact) mass is 443 g/mol. The standard InChI is InChI=1S/C17H25N5O.HI/c1-4-18-17(20-12-16-9-10-21-22(16)2)19-11-14-5-7-15(8-6-14)13-23-3;/h5-10H,4,11-13H2,1-3H3,(H2,18,19,20);1H. The molecule has 2 N–H and O–H groups in total. The van der Waals surface area contributed by atoms with Crippen molar-refractivity contribution in [3.63, 3.8) is 0 Å². The number of ether oxygens (including phenoxy) is 1. The molecule has 0 saturated heterocycles. The summed E-state index contributed by atoms with van der Waals surface area (Å²) in [7, 11) is 3.64. The Morgan fingerprint density at radius 1 is 1.17 bits per heavy atom. The predicted molar refractivity (Wildman–Crippen MR) is 107 cm³/mol. The molecule has 7 heteroatoms. The van der Waals surface area contributed by atoms with Crippen LogP contribution < -0.4 is 10.6 Å². The molecule has 0 atom stereocenters. The zero-order valence-corrected chi connectivity index (χ0v) is 16.8. The molecule has 0 spiro atoms. The van der Waals surface area contributed by atoms with Crippen LogP contribution in [0.15, 0.2) is 41.5 Å². The molecule has 0 aliphatic heterocycles. The van der Waals surface area contributed by atoms with Crippen LogP contribution in [0, 0.1) is 0 Å². The molecule has 0 fully saturated rings. The van der Waals surface area contributed by atoms with Crippen molar-refractivity contribution in [1.82, 2.24) is 20.4 Å². The van der Waals surface area contributed by atoms with Crippen molar-refractivity contribution in [2.45, 2.75) is 26.6 Å². The largest absolute Gasteiger partial charge is 0.380 e.